The molecule has 0 saturated carbocycles. The third-order valence-electron chi connectivity index (χ3n) is 5.47. The normalized spacial score (nSPS) is 16.6. The quantitative estimate of drug-likeness (QED) is 0.358. The standard InChI is InChI=1S/C21H24ClN5O6S2.C4H10.C2H6/c1-32-16-8-5-13(11-17(16)33-2)12-23-20-21(26-34(29)25-20)24-15-7-6-14(22)19(18(15)28)35(30,31)27-9-3-4-10-27;1-4(2)3;1-2/h5-8,11,28H,3-4,9-10,12H2,1-2H3,(H,23,25)(H,24,26);4H,1-3H3;1-2H3. The first-order valence-electron chi connectivity index (χ1n) is 13.3. The van der Waals surface area contributed by atoms with Gasteiger partial charge >= 0.3 is 0 Å². The van der Waals surface area contributed by atoms with Crippen LogP contribution in [0.15, 0.2) is 44.0 Å². The number of methoxy groups -OCH3 is 2. The van der Waals surface area contributed by atoms with E-state index in [1.165, 1.54) is 23.5 Å². The van der Waals surface area contributed by atoms with Gasteiger partial charge in [0.15, 0.2) is 28.9 Å². The van der Waals surface area contributed by atoms with E-state index in [0.29, 0.717) is 24.6 Å². The molecule has 1 saturated heterocycles. The van der Waals surface area contributed by atoms with Crippen LogP contribution in [0.1, 0.15) is 53.0 Å². The molecule has 11 nitrogen and oxygen atoms in total. The van der Waals surface area contributed by atoms with E-state index in [2.05, 4.69) is 40.2 Å². The number of rotatable bonds is 7. The van der Waals surface area contributed by atoms with Gasteiger partial charge in [-0.15, -0.1) is 8.80 Å². The van der Waals surface area contributed by atoms with Crippen molar-refractivity contribution >= 4 is 50.2 Å². The number of halogens is 1. The molecule has 0 radical (unpaired) electrons. The highest BCUT2D eigenvalue weighted by molar-refractivity contribution is 7.89. The second-order valence-corrected chi connectivity index (χ2v) is 12.5. The van der Waals surface area contributed by atoms with Gasteiger partial charge in [0.1, 0.15) is 4.90 Å². The lowest BCUT2D eigenvalue weighted by molar-refractivity contribution is 0.354. The molecule has 14 heteroatoms. The SMILES string of the molecule is CC.CC(C)C.COc1ccc(CNC2=NS(=O)N=C2Nc2ccc(Cl)c(S(=O)(=O)N3CCCC3)c2O)cc1OC. The molecule has 0 spiro atoms. The van der Waals surface area contributed by atoms with Crippen LogP contribution >= 0.6 is 11.6 Å². The van der Waals surface area contributed by atoms with Crippen LogP contribution in [-0.4, -0.2) is 61.0 Å². The predicted molar refractivity (Wildman–Crippen MR) is 166 cm³/mol. The molecule has 2 aromatic carbocycles. The molecule has 0 aromatic heterocycles. The minimum atomic E-state index is -4.00. The number of ether oxygens (including phenoxy) is 2. The molecule has 4 rings (SSSR count). The van der Waals surface area contributed by atoms with Crippen LogP contribution in [-0.2, 0) is 27.7 Å². The molecule has 0 aliphatic carbocycles. The Morgan fingerprint density at radius 3 is 2.20 bits per heavy atom. The number of sulfonamides is 1. The van der Waals surface area contributed by atoms with Crippen molar-refractivity contribution in [3.8, 4) is 17.2 Å². The van der Waals surface area contributed by atoms with Gasteiger partial charge in [-0.05, 0) is 48.6 Å². The van der Waals surface area contributed by atoms with E-state index >= 15 is 0 Å². The Hall–Kier alpha value is -2.87. The highest BCUT2D eigenvalue weighted by atomic mass is 35.5. The molecule has 0 amide bonds. The maximum atomic E-state index is 13.1. The van der Waals surface area contributed by atoms with E-state index in [4.69, 9.17) is 21.1 Å². The zero-order valence-electron chi connectivity index (χ0n) is 24.5. The van der Waals surface area contributed by atoms with Crippen molar-refractivity contribution < 1.29 is 27.2 Å². The summed E-state index contributed by atoms with van der Waals surface area (Å²) in [5, 5.41) is 16.6. The summed E-state index contributed by atoms with van der Waals surface area (Å²) in [7, 11) is -0.921. The van der Waals surface area contributed by atoms with Crippen molar-refractivity contribution in [3.05, 3.63) is 40.9 Å². The molecule has 1 atom stereocenters. The van der Waals surface area contributed by atoms with E-state index in [9.17, 15) is 17.7 Å². The summed E-state index contributed by atoms with van der Waals surface area (Å²) in [6, 6.07) is 8.14. The molecule has 0 bridgehead atoms. The Kier molecular flexibility index (Phi) is 13.4. The average molecular weight is 630 g/mol. The van der Waals surface area contributed by atoms with Gasteiger partial charge in [-0.2, -0.15) is 4.31 Å². The van der Waals surface area contributed by atoms with Gasteiger partial charge in [0.2, 0.25) is 10.0 Å². The summed E-state index contributed by atoms with van der Waals surface area (Å²) in [6.07, 6.45) is 1.48. The molecule has 2 heterocycles. The minimum Gasteiger partial charge on any atom is -0.504 e. The molecule has 1 fully saturated rings. The van der Waals surface area contributed by atoms with Crippen LogP contribution < -0.4 is 20.1 Å². The lowest BCUT2D eigenvalue weighted by atomic mass is 10.2. The van der Waals surface area contributed by atoms with E-state index in [-0.39, 0.29) is 33.8 Å². The molecular formula is C27H40ClN5O6S2. The summed E-state index contributed by atoms with van der Waals surface area (Å²) in [5.74, 6) is 1.66. The van der Waals surface area contributed by atoms with Crippen molar-refractivity contribution in [2.45, 2.75) is 58.9 Å². The van der Waals surface area contributed by atoms with E-state index in [0.717, 1.165) is 24.3 Å². The molecule has 2 aliphatic heterocycles. The molecule has 2 aliphatic rings. The van der Waals surface area contributed by atoms with Crippen LogP contribution in [0.4, 0.5) is 5.69 Å². The number of phenols is 1. The van der Waals surface area contributed by atoms with Gasteiger partial charge in [-0.25, -0.2) is 12.6 Å². The number of benzene rings is 2. The Labute approximate surface area is 250 Å². The summed E-state index contributed by atoms with van der Waals surface area (Å²) in [4.78, 5) is -0.387. The number of nitrogens with zero attached hydrogens (tertiary/aromatic N) is 3. The topological polar surface area (TPSA) is 142 Å². The number of hydrogen-bond acceptors (Lipinski definition) is 8. The second-order valence-electron chi connectivity index (χ2n) is 9.39. The molecule has 41 heavy (non-hydrogen) atoms. The van der Waals surface area contributed by atoms with E-state index in [1.807, 2.05) is 19.9 Å². The Morgan fingerprint density at radius 2 is 1.61 bits per heavy atom. The van der Waals surface area contributed by atoms with Gasteiger partial charge in [0.25, 0.3) is 11.2 Å². The van der Waals surface area contributed by atoms with Gasteiger partial charge in [-0.1, -0.05) is 52.3 Å². The molecular weight excluding hydrogens is 590 g/mol. The monoisotopic (exact) mass is 629 g/mol. The highest BCUT2D eigenvalue weighted by Crippen LogP contribution is 2.39. The first-order chi connectivity index (χ1) is 19.5. The fraction of sp³-hybridized carbons (Fsp3) is 0.481. The fourth-order valence-electron chi connectivity index (χ4n) is 3.72. The Morgan fingerprint density at radius 1 is 1.02 bits per heavy atom. The summed E-state index contributed by atoms with van der Waals surface area (Å²) < 4.78 is 57.9. The Balaban J connectivity index is 0.000000902. The zero-order valence-corrected chi connectivity index (χ0v) is 26.9. The van der Waals surface area contributed by atoms with Crippen molar-refractivity contribution in [1.82, 2.24) is 9.62 Å². The second kappa shape index (κ2) is 15.9. The maximum Gasteiger partial charge on any atom is 0.269 e. The number of phenolic OH excluding ortho intramolecular Hbond substituents is 1. The maximum absolute atomic E-state index is 13.1. The molecule has 3 N–H and O–H groups in total. The smallest absolute Gasteiger partial charge is 0.269 e. The average Bonchev–Trinajstić information content (AvgIpc) is 3.60. The highest BCUT2D eigenvalue weighted by Gasteiger charge is 2.33. The van der Waals surface area contributed by atoms with Gasteiger partial charge < -0.3 is 25.2 Å². The van der Waals surface area contributed by atoms with Crippen LogP contribution in [0.3, 0.4) is 0 Å². The van der Waals surface area contributed by atoms with Crippen LogP contribution in [0.5, 0.6) is 17.2 Å². The van der Waals surface area contributed by atoms with Gasteiger partial charge in [0.05, 0.1) is 24.9 Å². The van der Waals surface area contributed by atoms with Crippen LogP contribution in [0.25, 0.3) is 0 Å². The molecule has 228 valence electrons. The number of amidine groups is 2. The summed E-state index contributed by atoms with van der Waals surface area (Å²) in [6.45, 7) is 11.5. The first-order valence-corrected chi connectivity index (χ1v) is 16.2. The molecule has 2 aromatic rings. The zero-order chi connectivity index (χ0) is 30.7. The number of aromatic hydroxyl groups is 1. The van der Waals surface area contributed by atoms with E-state index in [1.54, 1.807) is 19.2 Å². The predicted octanol–water partition coefficient (Wildman–Crippen LogP) is 5.13. The van der Waals surface area contributed by atoms with Crippen molar-refractivity contribution in [3.63, 3.8) is 0 Å². The van der Waals surface area contributed by atoms with E-state index < -0.39 is 26.9 Å². The minimum absolute atomic E-state index is 0.0328. The van der Waals surface area contributed by atoms with Crippen LogP contribution in [0.2, 0.25) is 5.02 Å². The summed E-state index contributed by atoms with van der Waals surface area (Å²) in [5.41, 5.74) is 0.862. The third kappa shape index (κ3) is 9.06. The first kappa shape index (κ1) is 34.3. The van der Waals surface area contributed by atoms with Crippen molar-refractivity contribution in [1.29, 1.82) is 0 Å². The van der Waals surface area contributed by atoms with Gasteiger partial charge in [0, 0.05) is 19.6 Å². The third-order valence-corrected chi connectivity index (χ3v) is 8.55. The van der Waals surface area contributed by atoms with Gasteiger partial charge in [-0.3, -0.25) is 0 Å². The number of nitrogens with one attached hydrogen (secondary N) is 2. The van der Waals surface area contributed by atoms with Crippen molar-refractivity contribution in [2.24, 2.45) is 14.7 Å². The fourth-order valence-corrected chi connectivity index (χ4v) is 6.46. The molecule has 1 unspecified atom stereocenters. The van der Waals surface area contributed by atoms with Crippen molar-refractivity contribution in [2.75, 3.05) is 32.6 Å². The largest absolute Gasteiger partial charge is 0.504 e. The summed E-state index contributed by atoms with van der Waals surface area (Å²) >= 11 is 4.28. The lowest BCUT2D eigenvalue weighted by Gasteiger charge is -2.19. The van der Waals surface area contributed by atoms with Crippen LogP contribution in [0, 0.1) is 5.92 Å². The number of hydrogen-bond donors (Lipinski definition) is 3. The number of anilines is 1. The lowest BCUT2D eigenvalue weighted by Crippen LogP contribution is -2.33. The Bertz CT molecular complexity index is 1370.